The van der Waals surface area contributed by atoms with Crippen molar-refractivity contribution in [3.8, 4) is 0 Å². The lowest BCUT2D eigenvalue weighted by molar-refractivity contribution is -0.147. The normalized spacial score (nSPS) is 19.0. The molecule has 4 nitrogen and oxygen atoms in total. The molecule has 0 bridgehead atoms. The van der Waals surface area contributed by atoms with Gasteiger partial charge in [0.2, 0.25) is 0 Å². The van der Waals surface area contributed by atoms with Crippen LogP contribution in [0.25, 0.3) is 0 Å². The molecule has 0 aromatic heterocycles. The van der Waals surface area contributed by atoms with Crippen molar-refractivity contribution in [3.63, 3.8) is 0 Å². The Hall–Kier alpha value is -1.84. The maximum absolute atomic E-state index is 12.4. The summed E-state index contributed by atoms with van der Waals surface area (Å²) in [5.74, 6) is -1.17. The molecule has 1 atom stereocenters. The minimum absolute atomic E-state index is 0.0213. The summed E-state index contributed by atoms with van der Waals surface area (Å²) in [7, 11) is 0. The molecule has 0 aromatic rings. The van der Waals surface area contributed by atoms with Crippen molar-refractivity contribution >= 4 is 11.9 Å². The summed E-state index contributed by atoms with van der Waals surface area (Å²) < 4.78 is 10.4. The maximum atomic E-state index is 12.4. The average Bonchev–Trinajstić information content (AvgIpc) is 2.61. The molecule has 1 aliphatic rings. The third-order valence-electron chi connectivity index (χ3n) is 3.92. The van der Waals surface area contributed by atoms with Gasteiger partial charge in [-0.1, -0.05) is 64.0 Å². The minimum Gasteiger partial charge on any atom is -0.462 e. The highest BCUT2D eigenvalue weighted by molar-refractivity contribution is 6.14. The first-order chi connectivity index (χ1) is 11.6. The number of unbranched alkanes of at least 4 members (excludes halogenated alkanes) is 1. The molecule has 0 radical (unpaired) electrons. The highest BCUT2D eigenvalue weighted by Gasteiger charge is 2.30. The van der Waals surface area contributed by atoms with Crippen molar-refractivity contribution in [1.29, 1.82) is 0 Å². The zero-order valence-corrected chi connectivity index (χ0v) is 15.2. The van der Waals surface area contributed by atoms with Gasteiger partial charge in [0.05, 0.1) is 13.2 Å². The van der Waals surface area contributed by atoms with Crippen LogP contribution >= 0.6 is 0 Å². The van der Waals surface area contributed by atoms with E-state index in [0.717, 1.165) is 25.7 Å². The molecule has 4 heteroatoms. The van der Waals surface area contributed by atoms with Crippen molar-refractivity contribution < 1.29 is 19.1 Å². The van der Waals surface area contributed by atoms with E-state index < -0.39 is 11.9 Å². The zero-order valence-electron chi connectivity index (χ0n) is 15.2. The second-order valence-electron chi connectivity index (χ2n) is 6.16. The van der Waals surface area contributed by atoms with E-state index >= 15 is 0 Å². The molecule has 134 valence electrons. The molecule has 0 amide bonds. The SMILES string of the molecule is CCCCC1(C=C(C(=O)OCCC)C(=O)OCCC)C=CC=CC1. The van der Waals surface area contributed by atoms with E-state index in [1.807, 2.05) is 26.0 Å². The van der Waals surface area contributed by atoms with Crippen LogP contribution in [-0.2, 0) is 19.1 Å². The second-order valence-corrected chi connectivity index (χ2v) is 6.16. The van der Waals surface area contributed by atoms with Gasteiger partial charge in [-0.25, -0.2) is 9.59 Å². The van der Waals surface area contributed by atoms with Crippen molar-refractivity contribution in [3.05, 3.63) is 36.0 Å². The summed E-state index contributed by atoms with van der Waals surface area (Å²) in [6.07, 6.45) is 15.0. The number of esters is 2. The molecular weight excluding hydrogens is 304 g/mol. The molecule has 0 heterocycles. The molecule has 0 saturated carbocycles. The van der Waals surface area contributed by atoms with E-state index in [9.17, 15) is 9.59 Å². The van der Waals surface area contributed by atoms with Gasteiger partial charge in [0.1, 0.15) is 5.57 Å². The van der Waals surface area contributed by atoms with Crippen molar-refractivity contribution in [2.24, 2.45) is 5.41 Å². The predicted octanol–water partition coefficient (Wildman–Crippen LogP) is 4.51. The van der Waals surface area contributed by atoms with Crippen LogP contribution in [0, 0.1) is 5.41 Å². The molecule has 0 aromatic carbocycles. The standard InChI is InChI=1S/C20H30O4/c1-4-7-11-20(12-9-8-10-13-20)16-17(18(21)23-14-5-2)19(22)24-15-6-3/h8-10,12,16H,4-7,11,13-15H2,1-3H3. The molecule has 1 aliphatic carbocycles. The number of carbonyl (C=O) groups excluding carboxylic acids is 2. The Morgan fingerprint density at radius 1 is 1.00 bits per heavy atom. The van der Waals surface area contributed by atoms with E-state index in [2.05, 4.69) is 19.1 Å². The first-order valence-electron chi connectivity index (χ1n) is 9.00. The fourth-order valence-corrected chi connectivity index (χ4v) is 2.59. The fourth-order valence-electron chi connectivity index (χ4n) is 2.59. The third-order valence-corrected chi connectivity index (χ3v) is 3.92. The Morgan fingerprint density at radius 2 is 1.62 bits per heavy atom. The monoisotopic (exact) mass is 334 g/mol. The molecule has 24 heavy (non-hydrogen) atoms. The lowest BCUT2D eigenvalue weighted by atomic mass is 9.76. The third kappa shape index (κ3) is 6.34. The Bertz CT molecular complexity index is 480. The topological polar surface area (TPSA) is 52.6 Å². The first-order valence-corrected chi connectivity index (χ1v) is 9.00. The van der Waals surface area contributed by atoms with E-state index in [4.69, 9.17) is 9.47 Å². The summed E-state index contributed by atoms with van der Waals surface area (Å²) in [6.45, 7) is 6.57. The molecule has 0 saturated heterocycles. The molecule has 1 rings (SSSR count). The quantitative estimate of drug-likeness (QED) is 0.255. The number of hydrogen-bond donors (Lipinski definition) is 0. The maximum Gasteiger partial charge on any atom is 0.345 e. The molecule has 1 unspecified atom stereocenters. The van der Waals surface area contributed by atoms with Gasteiger partial charge in [0.15, 0.2) is 0 Å². The smallest absolute Gasteiger partial charge is 0.345 e. The van der Waals surface area contributed by atoms with Crippen molar-refractivity contribution in [2.75, 3.05) is 13.2 Å². The summed E-state index contributed by atoms with van der Waals surface area (Å²) in [4.78, 5) is 24.7. The van der Waals surface area contributed by atoms with Gasteiger partial charge in [-0.05, 0) is 25.7 Å². The summed E-state index contributed by atoms with van der Waals surface area (Å²) >= 11 is 0. The van der Waals surface area contributed by atoms with Crippen LogP contribution in [0.2, 0.25) is 0 Å². The second kappa shape index (κ2) is 10.8. The summed E-state index contributed by atoms with van der Waals surface area (Å²) in [6, 6.07) is 0. The van der Waals surface area contributed by atoms with E-state index in [1.165, 1.54) is 0 Å². The lowest BCUT2D eigenvalue weighted by Crippen LogP contribution is -2.24. The molecule has 0 aliphatic heterocycles. The van der Waals surface area contributed by atoms with Crippen molar-refractivity contribution in [2.45, 2.75) is 59.3 Å². The molecule has 0 spiro atoms. The fraction of sp³-hybridized carbons (Fsp3) is 0.600. The van der Waals surface area contributed by atoms with Crippen LogP contribution in [0.4, 0.5) is 0 Å². The van der Waals surface area contributed by atoms with Gasteiger partial charge in [0, 0.05) is 5.41 Å². The Morgan fingerprint density at radius 3 is 2.08 bits per heavy atom. The van der Waals surface area contributed by atoms with Crippen LogP contribution in [0.5, 0.6) is 0 Å². The van der Waals surface area contributed by atoms with E-state index in [1.54, 1.807) is 6.08 Å². The summed E-state index contributed by atoms with van der Waals surface area (Å²) in [5, 5.41) is 0. The van der Waals surface area contributed by atoms with Crippen LogP contribution in [0.3, 0.4) is 0 Å². The van der Waals surface area contributed by atoms with Gasteiger partial charge in [-0.3, -0.25) is 0 Å². The van der Waals surface area contributed by atoms with Crippen LogP contribution in [-0.4, -0.2) is 25.2 Å². The largest absolute Gasteiger partial charge is 0.462 e. The van der Waals surface area contributed by atoms with Crippen LogP contribution in [0.15, 0.2) is 36.0 Å². The molecular formula is C20H30O4. The van der Waals surface area contributed by atoms with Gasteiger partial charge in [0.25, 0.3) is 0 Å². The van der Waals surface area contributed by atoms with Crippen molar-refractivity contribution in [1.82, 2.24) is 0 Å². The molecule has 0 fully saturated rings. The van der Waals surface area contributed by atoms with Gasteiger partial charge in [-0.15, -0.1) is 0 Å². The van der Waals surface area contributed by atoms with Gasteiger partial charge >= 0.3 is 11.9 Å². The number of rotatable bonds is 10. The number of carbonyl (C=O) groups is 2. The first kappa shape index (κ1) is 20.2. The zero-order chi connectivity index (χ0) is 17.8. The number of hydrogen-bond acceptors (Lipinski definition) is 4. The number of allylic oxidation sites excluding steroid dienone is 5. The highest BCUT2D eigenvalue weighted by atomic mass is 16.6. The van der Waals surface area contributed by atoms with E-state index in [0.29, 0.717) is 26.1 Å². The van der Waals surface area contributed by atoms with Crippen LogP contribution < -0.4 is 0 Å². The predicted molar refractivity (Wildman–Crippen MR) is 95.4 cm³/mol. The minimum atomic E-state index is -0.586. The Kier molecular flexibility index (Phi) is 9.13. The Labute approximate surface area is 145 Å². The van der Waals surface area contributed by atoms with Crippen LogP contribution in [0.1, 0.15) is 59.3 Å². The number of ether oxygens (including phenoxy) is 2. The summed E-state index contributed by atoms with van der Waals surface area (Å²) in [5.41, 5.74) is -0.302. The van der Waals surface area contributed by atoms with Gasteiger partial charge in [-0.2, -0.15) is 0 Å². The highest BCUT2D eigenvalue weighted by Crippen LogP contribution is 2.36. The van der Waals surface area contributed by atoms with E-state index in [-0.39, 0.29) is 11.0 Å². The molecule has 0 N–H and O–H groups in total. The Balaban J connectivity index is 3.09. The lowest BCUT2D eigenvalue weighted by Gasteiger charge is -2.28. The average molecular weight is 334 g/mol. The van der Waals surface area contributed by atoms with Gasteiger partial charge < -0.3 is 9.47 Å².